The van der Waals surface area contributed by atoms with Crippen LogP contribution in [-0.4, -0.2) is 54.4 Å². The van der Waals surface area contributed by atoms with Crippen LogP contribution < -0.4 is 14.8 Å². The maximum Gasteiger partial charge on any atom is 0.333 e. The molecule has 0 heterocycles. The molecule has 8 heteroatoms. The Morgan fingerprint density at radius 3 is 2.24 bits per heavy atom. The lowest BCUT2D eigenvalue weighted by molar-refractivity contribution is -0.149. The summed E-state index contributed by atoms with van der Waals surface area (Å²) in [6.07, 6.45) is 1.69. The van der Waals surface area contributed by atoms with Crippen LogP contribution >= 0.6 is 0 Å². The second-order valence-corrected chi connectivity index (χ2v) is 9.24. The molecule has 1 fully saturated rings. The monoisotopic (exact) mass is 518 g/mol. The largest absolute Gasteiger partial charge is 0.492 e. The van der Waals surface area contributed by atoms with E-state index in [0.717, 1.165) is 24.2 Å². The first-order valence-electron chi connectivity index (χ1n) is 12.9. The summed E-state index contributed by atoms with van der Waals surface area (Å²) in [5.41, 5.74) is 1.55. The van der Waals surface area contributed by atoms with E-state index in [0.29, 0.717) is 49.4 Å². The zero-order valence-electron chi connectivity index (χ0n) is 21.5. The average Bonchev–Trinajstić information content (AvgIpc) is 3.74. The number of carbonyl (C=O) groups excluding carboxylic acids is 1. The van der Waals surface area contributed by atoms with E-state index in [-0.39, 0.29) is 12.5 Å². The lowest BCUT2D eigenvalue weighted by Crippen LogP contribution is -2.39. The fourth-order valence-electron chi connectivity index (χ4n) is 3.95. The normalized spacial score (nSPS) is 13.4. The molecular formula is C30H34N2O6. The van der Waals surface area contributed by atoms with Gasteiger partial charge in [-0.15, -0.1) is 0 Å². The van der Waals surface area contributed by atoms with Crippen molar-refractivity contribution in [2.45, 2.75) is 32.3 Å². The number of rotatable bonds is 14. The van der Waals surface area contributed by atoms with Gasteiger partial charge in [-0.05, 0) is 79.8 Å². The van der Waals surface area contributed by atoms with Crippen LogP contribution in [0, 0.1) is 5.92 Å². The van der Waals surface area contributed by atoms with Crippen LogP contribution in [0.4, 0.5) is 10.5 Å². The number of urea groups is 1. The zero-order chi connectivity index (χ0) is 26.7. The highest BCUT2D eigenvalue weighted by Gasteiger charge is 2.27. The first kappa shape index (κ1) is 27.0. The van der Waals surface area contributed by atoms with Gasteiger partial charge in [0, 0.05) is 25.3 Å². The number of ether oxygens (including phenoxy) is 3. The van der Waals surface area contributed by atoms with E-state index in [1.165, 1.54) is 0 Å². The van der Waals surface area contributed by atoms with Crippen LogP contribution in [-0.2, 0) is 16.0 Å². The minimum Gasteiger partial charge on any atom is -0.492 e. The Bertz CT molecular complexity index is 1160. The van der Waals surface area contributed by atoms with Crippen LogP contribution in [0.15, 0.2) is 78.9 Å². The summed E-state index contributed by atoms with van der Waals surface area (Å²) in [6, 6.07) is 24.0. The predicted molar refractivity (Wildman–Crippen MR) is 145 cm³/mol. The van der Waals surface area contributed by atoms with Gasteiger partial charge < -0.3 is 29.5 Å². The predicted octanol–water partition coefficient (Wildman–Crippen LogP) is 5.83. The smallest absolute Gasteiger partial charge is 0.333 e. The first-order valence-corrected chi connectivity index (χ1v) is 12.9. The second-order valence-electron chi connectivity index (χ2n) is 9.24. The van der Waals surface area contributed by atoms with Crippen molar-refractivity contribution in [1.82, 2.24) is 4.90 Å². The van der Waals surface area contributed by atoms with Crippen LogP contribution in [0.25, 0.3) is 0 Å². The number of carboxylic acid groups (broad SMARTS) is 1. The molecule has 1 unspecified atom stereocenters. The van der Waals surface area contributed by atoms with Crippen molar-refractivity contribution in [3.05, 3.63) is 84.4 Å². The van der Waals surface area contributed by atoms with Gasteiger partial charge in [-0.2, -0.15) is 0 Å². The number of carbonyl (C=O) groups is 2. The van der Waals surface area contributed by atoms with Crippen molar-refractivity contribution in [3.63, 3.8) is 0 Å². The van der Waals surface area contributed by atoms with E-state index in [2.05, 4.69) is 5.32 Å². The van der Waals surface area contributed by atoms with Gasteiger partial charge in [0.15, 0.2) is 6.10 Å². The summed E-state index contributed by atoms with van der Waals surface area (Å²) in [5.74, 6) is 1.68. The van der Waals surface area contributed by atoms with Gasteiger partial charge in [-0.25, -0.2) is 9.59 Å². The number of para-hydroxylation sites is 1. The molecule has 0 saturated heterocycles. The molecule has 2 amide bonds. The van der Waals surface area contributed by atoms with Gasteiger partial charge in [0.05, 0.1) is 6.54 Å². The van der Waals surface area contributed by atoms with Gasteiger partial charge >= 0.3 is 12.0 Å². The maximum absolute atomic E-state index is 13.0. The Morgan fingerprint density at radius 2 is 1.61 bits per heavy atom. The standard InChI is InChI=1S/C30H34N2O6/c1-2-36-28(29(33)34)20-22-10-14-25(15-11-22)37-19-18-32(21-23-8-9-23)30(35)31-24-12-16-27(17-13-24)38-26-6-4-3-5-7-26/h3-7,10-17,23,28H,2,8-9,18-21H2,1H3,(H,31,35)(H,33,34). The molecule has 4 rings (SSSR count). The average molecular weight is 519 g/mol. The fraction of sp³-hybridized carbons (Fsp3) is 0.333. The minimum absolute atomic E-state index is 0.164. The molecule has 1 aliphatic carbocycles. The van der Waals surface area contributed by atoms with Gasteiger partial charge in [-0.3, -0.25) is 0 Å². The van der Waals surface area contributed by atoms with Crippen LogP contribution in [0.3, 0.4) is 0 Å². The molecule has 200 valence electrons. The molecule has 3 aromatic carbocycles. The van der Waals surface area contributed by atoms with Gasteiger partial charge in [-0.1, -0.05) is 30.3 Å². The number of amides is 2. The lowest BCUT2D eigenvalue weighted by atomic mass is 10.1. The summed E-state index contributed by atoms with van der Waals surface area (Å²) >= 11 is 0. The molecule has 0 aromatic heterocycles. The maximum atomic E-state index is 13.0. The van der Waals surface area contributed by atoms with Gasteiger partial charge in [0.1, 0.15) is 23.9 Å². The molecule has 3 aromatic rings. The Kier molecular flexibility index (Phi) is 9.59. The van der Waals surface area contributed by atoms with Crippen molar-refractivity contribution < 1.29 is 28.9 Å². The molecular weight excluding hydrogens is 484 g/mol. The Balaban J connectivity index is 1.26. The van der Waals surface area contributed by atoms with Crippen LogP contribution in [0.1, 0.15) is 25.3 Å². The number of hydrogen-bond acceptors (Lipinski definition) is 5. The number of carboxylic acids is 1. The van der Waals surface area contributed by atoms with E-state index >= 15 is 0 Å². The summed E-state index contributed by atoms with van der Waals surface area (Å²) in [4.78, 5) is 26.1. The van der Waals surface area contributed by atoms with Crippen molar-refractivity contribution >= 4 is 17.7 Å². The van der Waals surface area contributed by atoms with Crippen molar-refractivity contribution in [2.75, 3.05) is 31.6 Å². The Labute approximate surface area is 223 Å². The van der Waals surface area contributed by atoms with E-state index in [1.54, 1.807) is 11.8 Å². The first-order chi connectivity index (χ1) is 18.5. The Hall–Kier alpha value is -4.04. The van der Waals surface area contributed by atoms with Crippen molar-refractivity contribution in [1.29, 1.82) is 0 Å². The van der Waals surface area contributed by atoms with Crippen molar-refractivity contribution in [2.24, 2.45) is 5.92 Å². The molecule has 0 radical (unpaired) electrons. The molecule has 8 nitrogen and oxygen atoms in total. The van der Waals surface area contributed by atoms with Crippen LogP contribution in [0.5, 0.6) is 17.2 Å². The number of nitrogens with one attached hydrogen (secondary N) is 1. The molecule has 2 N–H and O–H groups in total. The molecule has 38 heavy (non-hydrogen) atoms. The van der Waals surface area contributed by atoms with E-state index in [9.17, 15) is 14.7 Å². The van der Waals surface area contributed by atoms with Crippen molar-refractivity contribution in [3.8, 4) is 17.2 Å². The third-order valence-electron chi connectivity index (χ3n) is 6.16. The lowest BCUT2D eigenvalue weighted by Gasteiger charge is -2.23. The quantitative estimate of drug-likeness (QED) is 0.279. The molecule has 0 bridgehead atoms. The highest BCUT2D eigenvalue weighted by Crippen LogP contribution is 2.30. The van der Waals surface area contributed by atoms with E-state index < -0.39 is 12.1 Å². The highest BCUT2D eigenvalue weighted by molar-refractivity contribution is 5.89. The minimum atomic E-state index is -0.974. The van der Waals surface area contributed by atoms with Gasteiger partial charge in [0.25, 0.3) is 0 Å². The zero-order valence-corrected chi connectivity index (χ0v) is 21.5. The summed E-state index contributed by atoms with van der Waals surface area (Å²) in [6.45, 7) is 3.61. The number of aliphatic carboxylic acids is 1. The number of nitrogens with zero attached hydrogens (tertiary/aromatic N) is 1. The third-order valence-corrected chi connectivity index (χ3v) is 6.16. The summed E-state index contributed by atoms with van der Waals surface area (Å²) in [7, 11) is 0. The highest BCUT2D eigenvalue weighted by atomic mass is 16.5. The summed E-state index contributed by atoms with van der Waals surface area (Å²) in [5, 5.41) is 12.2. The Morgan fingerprint density at radius 1 is 0.947 bits per heavy atom. The van der Waals surface area contributed by atoms with E-state index in [4.69, 9.17) is 14.2 Å². The second kappa shape index (κ2) is 13.5. The molecule has 0 spiro atoms. The third kappa shape index (κ3) is 8.52. The topological polar surface area (TPSA) is 97.3 Å². The summed E-state index contributed by atoms with van der Waals surface area (Å²) < 4.78 is 17.0. The molecule has 0 aliphatic heterocycles. The number of hydrogen-bond donors (Lipinski definition) is 2. The number of anilines is 1. The van der Waals surface area contributed by atoms with E-state index in [1.807, 2.05) is 78.9 Å². The molecule has 1 atom stereocenters. The molecule has 1 aliphatic rings. The van der Waals surface area contributed by atoms with Gasteiger partial charge in [0.2, 0.25) is 0 Å². The SMILES string of the molecule is CCOC(Cc1ccc(OCCN(CC2CC2)C(=O)Nc2ccc(Oc3ccccc3)cc2)cc1)C(=O)O. The number of benzene rings is 3. The molecule has 1 saturated carbocycles. The fourth-order valence-corrected chi connectivity index (χ4v) is 3.95. The van der Waals surface area contributed by atoms with Crippen LogP contribution in [0.2, 0.25) is 0 Å².